The van der Waals surface area contributed by atoms with Crippen molar-refractivity contribution in [1.82, 2.24) is 4.98 Å². The molecule has 2 aromatic rings. The molecule has 0 amide bonds. The fourth-order valence-corrected chi connectivity index (χ4v) is 2.04. The average Bonchev–Trinajstić information content (AvgIpc) is 2.44. The Morgan fingerprint density at radius 2 is 2.00 bits per heavy atom. The molecule has 1 heterocycles. The number of fused-ring (bicyclic) bond motifs is 1. The standard InChI is InChI=1S/C15H17F3N2O/c1-19-14-12(10-21-8-4-7-15(16,17)18)9-11-5-2-3-6-13(11)20-14/h2-3,5-6,9H,4,7-8,10H2,1H3,(H,19,20). The van der Waals surface area contributed by atoms with Crippen LogP contribution >= 0.6 is 0 Å². The van der Waals surface area contributed by atoms with E-state index in [1.807, 2.05) is 30.3 Å². The van der Waals surface area contributed by atoms with Gasteiger partial charge in [0.1, 0.15) is 5.82 Å². The zero-order valence-corrected chi connectivity index (χ0v) is 11.7. The molecule has 0 fully saturated rings. The Morgan fingerprint density at radius 1 is 1.24 bits per heavy atom. The Balaban J connectivity index is 1.97. The van der Waals surface area contributed by atoms with Gasteiger partial charge in [-0.1, -0.05) is 18.2 Å². The van der Waals surface area contributed by atoms with Gasteiger partial charge in [-0.05, 0) is 18.6 Å². The molecule has 0 aliphatic carbocycles. The van der Waals surface area contributed by atoms with Gasteiger partial charge in [0.05, 0.1) is 12.1 Å². The third kappa shape index (κ3) is 4.60. The maximum atomic E-state index is 12.0. The predicted molar refractivity (Wildman–Crippen MR) is 76.2 cm³/mol. The van der Waals surface area contributed by atoms with Crippen LogP contribution < -0.4 is 5.32 Å². The van der Waals surface area contributed by atoms with E-state index in [2.05, 4.69) is 10.3 Å². The topological polar surface area (TPSA) is 34.2 Å². The molecular weight excluding hydrogens is 281 g/mol. The number of ether oxygens (including phenoxy) is 1. The Kier molecular flexibility index (Phi) is 5.01. The normalized spacial score (nSPS) is 11.8. The Hall–Kier alpha value is -1.82. The molecule has 0 atom stereocenters. The first-order valence-corrected chi connectivity index (χ1v) is 6.70. The second-order valence-corrected chi connectivity index (χ2v) is 4.71. The highest BCUT2D eigenvalue weighted by atomic mass is 19.4. The number of hydrogen-bond acceptors (Lipinski definition) is 3. The molecular formula is C15H17F3N2O. The molecule has 0 saturated heterocycles. The summed E-state index contributed by atoms with van der Waals surface area (Å²) in [6.45, 7) is 0.321. The van der Waals surface area contributed by atoms with Crippen LogP contribution in [0.5, 0.6) is 0 Å². The highest BCUT2D eigenvalue weighted by Gasteiger charge is 2.25. The molecule has 1 aromatic carbocycles. The van der Waals surface area contributed by atoms with Crippen LogP contribution in [0, 0.1) is 0 Å². The van der Waals surface area contributed by atoms with E-state index in [-0.39, 0.29) is 19.6 Å². The summed E-state index contributed by atoms with van der Waals surface area (Å²) in [5.41, 5.74) is 1.70. The zero-order chi connectivity index (χ0) is 15.3. The van der Waals surface area contributed by atoms with Crippen molar-refractivity contribution in [3.05, 3.63) is 35.9 Å². The van der Waals surface area contributed by atoms with E-state index in [0.29, 0.717) is 5.82 Å². The first kappa shape index (κ1) is 15.6. The number of nitrogens with one attached hydrogen (secondary N) is 1. The van der Waals surface area contributed by atoms with Gasteiger partial charge in [-0.3, -0.25) is 0 Å². The van der Waals surface area contributed by atoms with Crippen molar-refractivity contribution < 1.29 is 17.9 Å². The number of para-hydroxylation sites is 1. The molecule has 0 aliphatic rings. The third-order valence-electron chi connectivity index (χ3n) is 3.05. The van der Waals surface area contributed by atoms with Gasteiger partial charge in [0, 0.05) is 31.0 Å². The lowest BCUT2D eigenvalue weighted by molar-refractivity contribution is -0.138. The second-order valence-electron chi connectivity index (χ2n) is 4.71. The molecule has 21 heavy (non-hydrogen) atoms. The summed E-state index contributed by atoms with van der Waals surface area (Å²) in [5, 5.41) is 3.96. The number of rotatable bonds is 6. The molecule has 0 radical (unpaired) electrons. The van der Waals surface area contributed by atoms with E-state index in [1.54, 1.807) is 7.05 Å². The van der Waals surface area contributed by atoms with Crippen LogP contribution in [0.1, 0.15) is 18.4 Å². The molecule has 0 bridgehead atoms. The van der Waals surface area contributed by atoms with Crippen molar-refractivity contribution in [1.29, 1.82) is 0 Å². The van der Waals surface area contributed by atoms with Crippen LogP contribution in [0.15, 0.2) is 30.3 Å². The van der Waals surface area contributed by atoms with Gasteiger partial charge in [-0.25, -0.2) is 4.98 Å². The van der Waals surface area contributed by atoms with Crippen molar-refractivity contribution >= 4 is 16.7 Å². The number of alkyl halides is 3. The first-order chi connectivity index (χ1) is 9.99. The van der Waals surface area contributed by atoms with Crippen molar-refractivity contribution in [3.8, 4) is 0 Å². The number of halogens is 3. The van der Waals surface area contributed by atoms with Gasteiger partial charge in [-0.2, -0.15) is 13.2 Å². The molecule has 3 nitrogen and oxygen atoms in total. The van der Waals surface area contributed by atoms with Gasteiger partial charge >= 0.3 is 6.18 Å². The summed E-state index contributed by atoms with van der Waals surface area (Å²) in [6, 6.07) is 9.61. The SMILES string of the molecule is CNc1nc2ccccc2cc1COCCCC(F)(F)F. The van der Waals surface area contributed by atoms with E-state index >= 15 is 0 Å². The largest absolute Gasteiger partial charge is 0.389 e. The van der Waals surface area contributed by atoms with Crippen LogP contribution in [-0.4, -0.2) is 24.8 Å². The van der Waals surface area contributed by atoms with Gasteiger partial charge in [0.15, 0.2) is 0 Å². The fourth-order valence-electron chi connectivity index (χ4n) is 2.04. The van der Waals surface area contributed by atoms with E-state index in [0.717, 1.165) is 16.5 Å². The predicted octanol–water partition coefficient (Wildman–Crippen LogP) is 4.14. The first-order valence-electron chi connectivity index (χ1n) is 6.70. The van der Waals surface area contributed by atoms with Gasteiger partial charge < -0.3 is 10.1 Å². The lowest BCUT2D eigenvalue weighted by Crippen LogP contribution is -2.09. The number of hydrogen-bond donors (Lipinski definition) is 1. The van der Waals surface area contributed by atoms with Crippen molar-refractivity contribution in [2.45, 2.75) is 25.6 Å². The summed E-state index contributed by atoms with van der Waals surface area (Å²) < 4.78 is 41.4. The molecule has 1 aromatic heterocycles. The lowest BCUT2D eigenvalue weighted by atomic mass is 10.1. The van der Waals surface area contributed by atoms with Gasteiger partial charge in [-0.15, -0.1) is 0 Å². The molecule has 0 spiro atoms. The smallest absolute Gasteiger partial charge is 0.377 e. The molecule has 0 saturated carbocycles. The maximum Gasteiger partial charge on any atom is 0.389 e. The van der Waals surface area contributed by atoms with E-state index < -0.39 is 12.6 Å². The molecule has 1 N–H and O–H groups in total. The van der Waals surface area contributed by atoms with Crippen LogP contribution in [0.3, 0.4) is 0 Å². The Labute approximate surface area is 121 Å². The van der Waals surface area contributed by atoms with E-state index in [1.165, 1.54) is 0 Å². The third-order valence-corrected chi connectivity index (χ3v) is 3.05. The number of pyridine rings is 1. The maximum absolute atomic E-state index is 12.0. The lowest BCUT2D eigenvalue weighted by Gasteiger charge is -2.11. The molecule has 0 aliphatic heterocycles. The summed E-state index contributed by atoms with van der Waals surface area (Å²) in [4.78, 5) is 4.46. The molecule has 0 unspecified atom stereocenters. The average molecular weight is 298 g/mol. The fraction of sp³-hybridized carbons (Fsp3) is 0.400. The quantitative estimate of drug-likeness (QED) is 0.814. The van der Waals surface area contributed by atoms with Gasteiger partial charge in [0.25, 0.3) is 0 Å². The molecule has 2 rings (SSSR count). The van der Waals surface area contributed by atoms with Crippen LogP contribution in [0.25, 0.3) is 10.9 Å². The summed E-state index contributed by atoms with van der Waals surface area (Å²) in [5.74, 6) is 0.685. The summed E-state index contributed by atoms with van der Waals surface area (Å²) in [6.07, 6.45) is -4.97. The van der Waals surface area contributed by atoms with E-state index in [4.69, 9.17) is 4.74 Å². The highest BCUT2D eigenvalue weighted by molar-refractivity contribution is 5.81. The monoisotopic (exact) mass is 298 g/mol. The summed E-state index contributed by atoms with van der Waals surface area (Å²) in [7, 11) is 1.75. The Bertz CT molecular complexity index is 599. The number of aromatic nitrogens is 1. The zero-order valence-electron chi connectivity index (χ0n) is 11.7. The van der Waals surface area contributed by atoms with Crippen molar-refractivity contribution in [2.75, 3.05) is 19.0 Å². The molecule has 6 heteroatoms. The van der Waals surface area contributed by atoms with Crippen molar-refractivity contribution in [2.24, 2.45) is 0 Å². The number of nitrogens with zero attached hydrogens (tertiary/aromatic N) is 1. The van der Waals surface area contributed by atoms with Crippen molar-refractivity contribution in [3.63, 3.8) is 0 Å². The van der Waals surface area contributed by atoms with Crippen LogP contribution in [0.4, 0.5) is 19.0 Å². The van der Waals surface area contributed by atoms with E-state index in [9.17, 15) is 13.2 Å². The molecule has 114 valence electrons. The highest BCUT2D eigenvalue weighted by Crippen LogP contribution is 2.23. The Morgan fingerprint density at radius 3 is 2.71 bits per heavy atom. The van der Waals surface area contributed by atoms with Crippen LogP contribution in [0.2, 0.25) is 0 Å². The number of benzene rings is 1. The van der Waals surface area contributed by atoms with Crippen LogP contribution in [-0.2, 0) is 11.3 Å². The number of anilines is 1. The minimum atomic E-state index is -4.12. The van der Waals surface area contributed by atoms with Gasteiger partial charge in [0.2, 0.25) is 0 Å². The second kappa shape index (κ2) is 6.76. The minimum absolute atomic E-state index is 0.0284. The summed E-state index contributed by atoms with van der Waals surface area (Å²) >= 11 is 0. The minimum Gasteiger partial charge on any atom is -0.377 e.